The number of hydrogen-bond donors (Lipinski definition) is 1. The molecule has 1 aromatic rings. The van der Waals surface area contributed by atoms with Gasteiger partial charge in [-0.25, -0.2) is 0 Å². The van der Waals surface area contributed by atoms with Crippen LogP contribution in [0.4, 0.5) is 0 Å². The number of halogens is 2. The van der Waals surface area contributed by atoms with Gasteiger partial charge in [0.2, 0.25) is 11.1 Å². The Kier molecular flexibility index (Phi) is 5.86. The molecule has 0 spiro atoms. The van der Waals surface area contributed by atoms with Crippen molar-refractivity contribution in [1.82, 2.24) is 10.1 Å². The second-order valence-corrected chi connectivity index (χ2v) is 5.94. The number of rotatable bonds is 4. The number of amides is 1. The quantitative estimate of drug-likeness (QED) is 0.922. The van der Waals surface area contributed by atoms with Crippen molar-refractivity contribution < 1.29 is 9.32 Å². The lowest BCUT2D eigenvalue weighted by molar-refractivity contribution is -0.130. The average molecular weight is 322 g/mol. The summed E-state index contributed by atoms with van der Waals surface area (Å²) in [5.74, 6) is 0.147. The van der Waals surface area contributed by atoms with E-state index in [1.807, 2.05) is 11.8 Å². The first kappa shape index (κ1) is 17.3. The molecule has 0 aliphatic carbocycles. The first-order valence-corrected chi connectivity index (χ1v) is 6.91. The van der Waals surface area contributed by atoms with Crippen LogP contribution in [0.15, 0.2) is 4.52 Å². The van der Waals surface area contributed by atoms with Gasteiger partial charge < -0.3 is 15.2 Å². The van der Waals surface area contributed by atoms with E-state index in [1.54, 1.807) is 0 Å². The van der Waals surface area contributed by atoms with Crippen LogP contribution in [0.3, 0.4) is 0 Å². The summed E-state index contributed by atoms with van der Waals surface area (Å²) in [6.07, 6.45) is 1.98. The van der Waals surface area contributed by atoms with E-state index >= 15 is 0 Å². The smallest absolute Gasteiger partial charge is 0.229 e. The average Bonchev–Trinajstić information content (AvgIpc) is 2.93. The summed E-state index contributed by atoms with van der Waals surface area (Å²) >= 11 is 5.89. The lowest BCUT2D eigenvalue weighted by Gasteiger charge is -2.22. The highest BCUT2D eigenvalue weighted by atomic mass is 35.5. The van der Waals surface area contributed by atoms with Crippen LogP contribution in [0.2, 0.25) is 5.22 Å². The molecule has 20 heavy (non-hydrogen) atoms. The molecule has 114 valence electrons. The summed E-state index contributed by atoms with van der Waals surface area (Å²) < 4.78 is 4.88. The number of carbonyl (C=O) groups is 1. The van der Waals surface area contributed by atoms with Crippen molar-refractivity contribution >= 4 is 29.9 Å². The lowest BCUT2D eigenvalue weighted by atomic mass is 9.90. The zero-order valence-corrected chi connectivity index (χ0v) is 13.4. The van der Waals surface area contributed by atoms with Gasteiger partial charge in [-0.05, 0) is 43.3 Å². The maximum absolute atomic E-state index is 12.2. The minimum absolute atomic E-state index is 0. The third-order valence-electron chi connectivity index (χ3n) is 3.93. The monoisotopic (exact) mass is 321 g/mol. The van der Waals surface area contributed by atoms with E-state index in [9.17, 15) is 4.79 Å². The molecule has 1 unspecified atom stereocenters. The minimum Gasteiger partial charge on any atom is -0.344 e. The summed E-state index contributed by atoms with van der Waals surface area (Å²) in [5, 5.41) is 4.07. The van der Waals surface area contributed by atoms with Gasteiger partial charge in [0.15, 0.2) is 0 Å². The Labute approximate surface area is 130 Å². The summed E-state index contributed by atoms with van der Waals surface area (Å²) in [7, 11) is 0. The number of likely N-dealkylation sites (tertiary alicyclic amines) is 1. The van der Waals surface area contributed by atoms with Crippen LogP contribution in [-0.2, 0) is 11.2 Å². The molecule has 1 aliphatic heterocycles. The van der Waals surface area contributed by atoms with Crippen LogP contribution in [-0.4, -0.2) is 35.6 Å². The van der Waals surface area contributed by atoms with Gasteiger partial charge in [-0.1, -0.05) is 12.1 Å². The molecule has 5 nitrogen and oxygen atoms in total. The zero-order valence-electron chi connectivity index (χ0n) is 11.8. The Balaban J connectivity index is 0.00000200. The van der Waals surface area contributed by atoms with E-state index < -0.39 is 0 Å². The van der Waals surface area contributed by atoms with Crippen molar-refractivity contribution in [2.24, 2.45) is 11.1 Å². The van der Waals surface area contributed by atoms with Gasteiger partial charge in [-0.2, -0.15) is 0 Å². The summed E-state index contributed by atoms with van der Waals surface area (Å²) in [6.45, 7) is 6.12. The van der Waals surface area contributed by atoms with Crippen molar-refractivity contribution in [2.45, 2.75) is 33.1 Å². The largest absolute Gasteiger partial charge is 0.344 e. The second kappa shape index (κ2) is 6.78. The van der Waals surface area contributed by atoms with E-state index in [4.69, 9.17) is 21.9 Å². The number of carbonyl (C=O) groups excluding carboxylic acids is 1. The predicted octanol–water partition coefficient (Wildman–Crippen LogP) is 2.19. The summed E-state index contributed by atoms with van der Waals surface area (Å²) in [5.41, 5.74) is 7.40. The molecule has 1 atom stereocenters. The molecule has 0 saturated carbocycles. The third-order valence-corrected chi connectivity index (χ3v) is 4.23. The van der Waals surface area contributed by atoms with Crippen LogP contribution in [0, 0.1) is 12.3 Å². The highest BCUT2D eigenvalue weighted by molar-refractivity contribution is 6.29. The van der Waals surface area contributed by atoms with E-state index in [2.05, 4.69) is 12.1 Å². The van der Waals surface area contributed by atoms with Gasteiger partial charge in [-0.3, -0.25) is 4.79 Å². The molecule has 1 amide bonds. The Bertz CT molecular complexity index is 459. The molecule has 0 bridgehead atoms. The van der Waals surface area contributed by atoms with E-state index in [0.717, 1.165) is 30.8 Å². The zero-order chi connectivity index (χ0) is 14.0. The Hall–Kier alpha value is -0.780. The molecule has 1 saturated heterocycles. The number of nitrogens with zero attached hydrogens (tertiary/aromatic N) is 2. The van der Waals surface area contributed by atoms with E-state index in [1.165, 1.54) is 0 Å². The fraction of sp³-hybridized carbons (Fsp3) is 0.692. The van der Waals surface area contributed by atoms with Gasteiger partial charge in [0.05, 0.1) is 5.69 Å². The number of aryl methyl sites for hydroxylation is 1. The maximum atomic E-state index is 12.2. The fourth-order valence-electron chi connectivity index (χ4n) is 2.43. The predicted molar refractivity (Wildman–Crippen MR) is 80.2 cm³/mol. The van der Waals surface area contributed by atoms with Gasteiger partial charge in [-0.15, -0.1) is 12.4 Å². The topological polar surface area (TPSA) is 72.4 Å². The fourth-order valence-corrected chi connectivity index (χ4v) is 2.70. The summed E-state index contributed by atoms with van der Waals surface area (Å²) in [6, 6.07) is 0. The van der Waals surface area contributed by atoms with Crippen LogP contribution in [0.1, 0.15) is 31.0 Å². The lowest BCUT2D eigenvalue weighted by Crippen LogP contribution is -2.34. The van der Waals surface area contributed by atoms with Crippen LogP contribution in [0.5, 0.6) is 0 Å². The molecule has 0 aromatic carbocycles. The first-order valence-electron chi connectivity index (χ1n) is 6.54. The molecule has 1 aliphatic rings. The third kappa shape index (κ3) is 3.65. The highest BCUT2D eigenvalue weighted by Crippen LogP contribution is 2.29. The molecule has 1 fully saturated rings. The van der Waals surface area contributed by atoms with Crippen LogP contribution >= 0.6 is 24.0 Å². The Morgan fingerprint density at radius 3 is 2.80 bits per heavy atom. The SMILES string of the molecule is Cc1noc(Cl)c1CCC(=O)N1CCC(C)(CN)C1.Cl. The van der Waals surface area contributed by atoms with Crippen LogP contribution in [0.25, 0.3) is 0 Å². The molecule has 7 heteroatoms. The van der Waals surface area contributed by atoms with Crippen molar-refractivity contribution in [3.8, 4) is 0 Å². The summed E-state index contributed by atoms with van der Waals surface area (Å²) in [4.78, 5) is 14.1. The molecular weight excluding hydrogens is 301 g/mol. The van der Waals surface area contributed by atoms with Gasteiger partial charge in [0.25, 0.3) is 0 Å². The first-order chi connectivity index (χ1) is 8.95. The number of aromatic nitrogens is 1. The van der Waals surface area contributed by atoms with Crippen molar-refractivity contribution in [3.63, 3.8) is 0 Å². The van der Waals surface area contributed by atoms with E-state index in [0.29, 0.717) is 24.6 Å². The molecule has 2 rings (SSSR count). The minimum atomic E-state index is 0. The Morgan fingerprint density at radius 2 is 2.30 bits per heavy atom. The Morgan fingerprint density at radius 1 is 1.60 bits per heavy atom. The molecule has 0 radical (unpaired) electrons. The molecule has 2 N–H and O–H groups in total. The molecule has 1 aromatic heterocycles. The normalized spacial score (nSPS) is 21.9. The van der Waals surface area contributed by atoms with E-state index in [-0.39, 0.29) is 23.7 Å². The van der Waals surface area contributed by atoms with Crippen molar-refractivity contribution in [3.05, 3.63) is 16.5 Å². The molecule has 2 heterocycles. The van der Waals surface area contributed by atoms with Gasteiger partial charge >= 0.3 is 0 Å². The second-order valence-electron chi connectivity index (χ2n) is 5.60. The van der Waals surface area contributed by atoms with Crippen molar-refractivity contribution in [2.75, 3.05) is 19.6 Å². The van der Waals surface area contributed by atoms with Gasteiger partial charge in [0.1, 0.15) is 0 Å². The van der Waals surface area contributed by atoms with Gasteiger partial charge in [0, 0.05) is 25.1 Å². The standard InChI is InChI=1S/C13H20ClN3O2.ClH/c1-9-10(12(14)19-16-9)3-4-11(18)17-6-5-13(2,7-15)8-17;/h3-8,15H2,1-2H3;1H. The van der Waals surface area contributed by atoms with Crippen molar-refractivity contribution in [1.29, 1.82) is 0 Å². The van der Waals surface area contributed by atoms with Crippen LogP contribution < -0.4 is 5.73 Å². The number of hydrogen-bond acceptors (Lipinski definition) is 4. The highest BCUT2D eigenvalue weighted by Gasteiger charge is 2.34. The number of nitrogens with two attached hydrogens (primary N) is 1. The maximum Gasteiger partial charge on any atom is 0.229 e. The molecular formula is C13H21Cl2N3O2.